The SMILES string of the molecule is N#Cc1cc(-n2c3ccccc3c3cccc(-c4cc(C(F)(F)F)cc(C(F)(F)F)c4)c32)ccc1-c1ccncc1. The number of nitriles is 1. The number of aromatic nitrogens is 2. The highest BCUT2D eigenvalue weighted by Crippen LogP contribution is 2.43. The summed E-state index contributed by atoms with van der Waals surface area (Å²) in [6.45, 7) is 0. The number of benzene rings is 4. The third kappa shape index (κ3) is 4.57. The van der Waals surface area contributed by atoms with Gasteiger partial charge in [0.15, 0.2) is 0 Å². The Morgan fingerprint density at radius 1 is 0.634 bits per heavy atom. The van der Waals surface area contributed by atoms with Crippen LogP contribution >= 0.6 is 0 Å². The topological polar surface area (TPSA) is 41.6 Å². The Bertz CT molecular complexity index is 1950. The van der Waals surface area contributed by atoms with Gasteiger partial charge in [-0.3, -0.25) is 4.98 Å². The molecule has 6 rings (SSSR count). The van der Waals surface area contributed by atoms with Gasteiger partial charge in [0.25, 0.3) is 0 Å². The van der Waals surface area contributed by atoms with E-state index in [1.807, 2.05) is 12.1 Å². The fourth-order valence-electron chi connectivity index (χ4n) is 5.18. The van der Waals surface area contributed by atoms with E-state index in [4.69, 9.17) is 0 Å². The third-order valence-electron chi connectivity index (χ3n) is 6.97. The van der Waals surface area contributed by atoms with Crippen molar-refractivity contribution < 1.29 is 26.3 Å². The van der Waals surface area contributed by atoms with Gasteiger partial charge in [-0.25, -0.2) is 0 Å². The molecular formula is C32H17F6N3. The van der Waals surface area contributed by atoms with Crippen molar-refractivity contribution in [3.8, 4) is 34.0 Å². The van der Waals surface area contributed by atoms with Crippen LogP contribution in [0.15, 0.2) is 103 Å². The molecule has 0 bridgehead atoms. The Balaban J connectivity index is 1.68. The monoisotopic (exact) mass is 557 g/mol. The summed E-state index contributed by atoms with van der Waals surface area (Å²) < 4.78 is 84.2. The second-order valence-corrected chi connectivity index (χ2v) is 9.43. The van der Waals surface area contributed by atoms with Gasteiger partial charge in [-0.05, 0) is 65.2 Å². The summed E-state index contributed by atoms with van der Waals surface area (Å²) in [5.74, 6) is 0. The highest BCUT2D eigenvalue weighted by atomic mass is 19.4. The van der Waals surface area contributed by atoms with Gasteiger partial charge in [-0.1, -0.05) is 42.5 Å². The lowest BCUT2D eigenvalue weighted by atomic mass is 9.97. The van der Waals surface area contributed by atoms with Gasteiger partial charge < -0.3 is 4.57 Å². The van der Waals surface area contributed by atoms with Crippen molar-refractivity contribution >= 4 is 21.8 Å². The zero-order chi connectivity index (χ0) is 28.9. The molecule has 0 amide bonds. The number of halogens is 6. The van der Waals surface area contributed by atoms with Crippen molar-refractivity contribution in [3.05, 3.63) is 120 Å². The van der Waals surface area contributed by atoms with E-state index in [1.165, 1.54) is 6.07 Å². The maximum atomic E-state index is 13.7. The van der Waals surface area contributed by atoms with Crippen LogP contribution in [0.2, 0.25) is 0 Å². The largest absolute Gasteiger partial charge is 0.416 e. The molecule has 0 spiro atoms. The quantitative estimate of drug-likeness (QED) is 0.204. The summed E-state index contributed by atoms with van der Waals surface area (Å²) >= 11 is 0. The van der Waals surface area contributed by atoms with Crippen molar-refractivity contribution in [2.24, 2.45) is 0 Å². The lowest BCUT2D eigenvalue weighted by molar-refractivity contribution is -0.143. The number of para-hydroxylation sites is 2. The van der Waals surface area contributed by atoms with E-state index in [0.29, 0.717) is 33.2 Å². The molecule has 0 N–H and O–H groups in total. The average Bonchev–Trinajstić information content (AvgIpc) is 3.31. The second-order valence-electron chi connectivity index (χ2n) is 9.43. The first-order valence-electron chi connectivity index (χ1n) is 12.3. The fraction of sp³-hybridized carbons (Fsp3) is 0.0625. The highest BCUT2D eigenvalue weighted by molar-refractivity contribution is 6.13. The molecular weight excluding hydrogens is 540 g/mol. The van der Waals surface area contributed by atoms with Gasteiger partial charge in [0, 0.05) is 34.4 Å². The minimum atomic E-state index is -4.99. The van der Waals surface area contributed by atoms with Crippen LogP contribution in [0.5, 0.6) is 0 Å². The van der Waals surface area contributed by atoms with Crippen LogP contribution in [-0.2, 0) is 12.4 Å². The van der Waals surface area contributed by atoms with E-state index in [2.05, 4.69) is 11.1 Å². The molecule has 0 unspecified atom stereocenters. The lowest BCUT2D eigenvalue weighted by Crippen LogP contribution is -2.11. The number of alkyl halides is 6. The molecule has 0 radical (unpaired) electrons. The molecule has 2 heterocycles. The highest BCUT2D eigenvalue weighted by Gasteiger charge is 2.37. The van der Waals surface area contributed by atoms with E-state index in [0.717, 1.165) is 23.1 Å². The van der Waals surface area contributed by atoms with Gasteiger partial charge in [0.2, 0.25) is 0 Å². The molecule has 0 aliphatic heterocycles. The summed E-state index contributed by atoms with van der Waals surface area (Å²) in [5, 5.41) is 11.4. The third-order valence-corrected chi connectivity index (χ3v) is 6.97. The summed E-state index contributed by atoms with van der Waals surface area (Å²) in [6.07, 6.45) is -6.76. The van der Waals surface area contributed by atoms with Crippen LogP contribution in [0.25, 0.3) is 49.7 Å². The molecule has 6 aromatic rings. The second kappa shape index (κ2) is 9.52. The fourth-order valence-corrected chi connectivity index (χ4v) is 5.18. The first-order chi connectivity index (χ1) is 19.6. The van der Waals surface area contributed by atoms with E-state index in [-0.39, 0.29) is 17.2 Å². The van der Waals surface area contributed by atoms with Gasteiger partial charge in [0.05, 0.1) is 33.8 Å². The number of pyridine rings is 1. The Morgan fingerprint density at radius 3 is 1.95 bits per heavy atom. The van der Waals surface area contributed by atoms with Gasteiger partial charge in [-0.15, -0.1) is 0 Å². The molecule has 41 heavy (non-hydrogen) atoms. The average molecular weight is 557 g/mol. The standard InChI is InChI=1S/C32H17F6N3/c33-31(34,35)22-14-20(15-23(17-22)32(36,37)38)26-5-3-6-28-27-4-1-2-7-29(27)41(30(26)28)24-8-9-25(21(16-24)18-39)19-10-12-40-13-11-19/h1-17H. The minimum absolute atomic E-state index is 0.121. The maximum Gasteiger partial charge on any atom is 0.416 e. The summed E-state index contributed by atoms with van der Waals surface area (Å²) in [5.41, 5.74) is 0.576. The van der Waals surface area contributed by atoms with Crippen molar-refractivity contribution in [2.75, 3.05) is 0 Å². The molecule has 3 nitrogen and oxygen atoms in total. The van der Waals surface area contributed by atoms with Crippen molar-refractivity contribution in [2.45, 2.75) is 12.4 Å². The van der Waals surface area contributed by atoms with Crippen LogP contribution in [0.3, 0.4) is 0 Å². The molecule has 2 aromatic heterocycles. The van der Waals surface area contributed by atoms with Gasteiger partial charge >= 0.3 is 12.4 Å². The number of nitrogens with zero attached hydrogens (tertiary/aromatic N) is 3. The zero-order valence-corrected chi connectivity index (χ0v) is 20.9. The summed E-state index contributed by atoms with van der Waals surface area (Å²) in [6, 6.07) is 24.6. The molecule has 9 heteroatoms. The number of fused-ring (bicyclic) bond motifs is 3. The van der Waals surface area contributed by atoms with E-state index in [1.54, 1.807) is 71.6 Å². The molecule has 4 aromatic carbocycles. The van der Waals surface area contributed by atoms with Crippen LogP contribution in [0.1, 0.15) is 16.7 Å². The molecule has 0 saturated heterocycles. The summed E-state index contributed by atoms with van der Waals surface area (Å²) in [7, 11) is 0. The smallest absolute Gasteiger partial charge is 0.309 e. The normalized spacial score (nSPS) is 12.1. The zero-order valence-electron chi connectivity index (χ0n) is 20.9. The minimum Gasteiger partial charge on any atom is -0.309 e. The lowest BCUT2D eigenvalue weighted by Gasteiger charge is -2.17. The van der Waals surface area contributed by atoms with Gasteiger partial charge in [0.1, 0.15) is 0 Å². The van der Waals surface area contributed by atoms with Crippen molar-refractivity contribution in [1.29, 1.82) is 5.26 Å². The number of hydrogen-bond donors (Lipinski definition) is 0. The maximum absolute atomic E-state index is 13.7. The van der Waals surface area contributed by atoms with Crippen LogP contribution in [-0.4, -0.2) is 9.55 Å². The first kappa shape index (κ1) is 26.1. The van der Waals surface area contributed by atoms with E-state index < -0.39 is 23.5 Å². The molecule has 0 atom stereocenters. The molecule has 0 aliphatic rings. The molecule has 202 valence electrons. The van der Waals surface area contributed by atoms with Gasteiger partial charge in [-0.2, -0.15) is 31.6 Å². The summed E-state index contributed by atoms with van der Waals surface area (Å²) in [4.78, 5) is 4.01. The Morgan fingerprint density at radius 2 is 1.29 bits per heavy atom. The predicted molar refractivity (Wildman–Crippen MR) is 144 cm³/mol. The molecule has 0 saturated carbocycles. The van der Waals surface area contributed by atoms with Crippen LogP contribution in [0, 0.1) is 11.3 Å². The molecule has 0 aliphatic carbocycles. The Hall–Kier alpha value is -5.10. The van der Waals surface area contributed by atoms with E-state index in [9.17, 15) is 31.6 Å². The van der Waals surface area contributed by atoms with Crippen LogP contribution in [0.4, 0.5) is 26.3 Å². The number of hydrogen-bond acceptors (Lipinski definition) is 2. The van der Waals surface area contributed by atoms with E-state index >= 15 is 0 Å². The molecule has 0 fully saturated rings. The van der Waals surface area contributed by atoms with Crippen LogP contribution < -0.4 is 0 Å². The number of rotatable bonds is 3. The Labute approximate surface area is 229 Å². The van der Waals surface area contributed by atoms with Crippen molar-refractivity contribution in [1.82, 2.24) is 9.55 Å². The Kier molecular flexibility index (Phi) is 6.07. The predicted octanol–water partition coefficient (Wildman–Crippen LogP) is 9.42. The first-order valence-corrected chi connectivity index (χ1v) is 12.3. The van der Waals surface area contributed by atoms with Crippen molar-refractivity contribution in [3.63, 3.8) is 0 Å².